The summed E-state index contributed by atoms with van der Waals surface area (Å²) in [6.45, 7) is 8.62. The molecule has 0 bridgehead atoms. The minimum absolute atomic E-state index is 0.844. The van der Waals surface area contributed by atoms with E-state index < -0.39 is 8.32 Å². The van der Waals surface area contributed by atoms with Crippen molar-refractivity contribution in [2.24, 2.45) is 12.0 Å². The first-order valence-corrected chi connectivity index (χ1v) is 12.2. The second kappa shape index (κ2) is 7.29. The number of nitrogens with zero attached hydrogens (tertiary/aromatic N) is 3. The smallest absolute Gasteiger partial charge is 0.242 e. The Morgan fingerprint density at radius 2 is 1.77 bits per heavy atom. The lowest BCUT2D eigenvalue weighted by molar-refractivity contribution is 0.554. The van der Waals surface area contributed by atoms with E-state index in [1.54, 1.807) is 6.33 Å². The van der Waals surface area contributed by atoms with Crippen LogP contribution in [0, 0.1) is 6.92 Å². The number of aromatic nitrogens is 2. The summed E-state index contributed by atoms with van der Waals surface area (Å²) in [5, 5.41) is 0. The van der Waals surface area contributed by atoms with Gasteiger partial charge in [0.05, 0.1) is 12.0 Å². The van der Waals surface area contributed by atoms with Crippen molar-refractivity contribution >= 4 is 19.7 Å². The molecule has 4 nitrogen and oxygen atoms in total. The topological polar surface area (TPSA) is 39.4 Å². The second-order valence-corrected chi connectivity index (χ2v) is 11.8. The number of benzene rings is 2. The lowest BCUT2D eigenvalue weighted by Gasteiger charge is -2.22. The van der Waals surface area contributed by atoms with E-state index in [0.717, 1.165) is 34.0 Å². The first-order valence-electron chi connectivity index (χ1n) is 8.74. The zero-order valence-electron chi connectivity index (χ0n) is 16.0. The van der Waals surface area contributed by atoms with Crippen molar-refractivity contribution in [1.82, 2.24) is 9.55 Å². The SMILES string of the molecule is Cc1cccc(N=C(c2ccccc2)c2cn(C)cn2)c1O[Si](C)(C)C. The molecule has 3 aromatic rings. The highest BCUT2D eigenvalue weighted by Gasteiger charge is 2.20. The van der Waals surface area contributed by atoms with E-state index in [2.05, 4.69) is 49.7 Å². The quantitative estimate of drug-likeness (QED) is 0.467. The van der Waals surface area contributed by atoms with E-state index in [4.69, 9.17) is 9.42 Å². The Morgan fingerprint density at radius 3 is 2.38 bits per heavy atom. The zero-order valence-corrected chi connectivity index (χ0v) is 17.0. The number of para-hydroxylation sites is 1. The Balaban J connectivity index is 2.17. The average Bonchev–Trinajstić information content (AvgIpc) is 3.01. The predicted molar refractivity (Wildman–Crippen MR) is 110 cm³/mol. The highest BCUT2D eigenvalue weighted by molar-refractivity contribution is 6.70. The standard InChI is InChI=1S/C21H25N3OSi/c1-16-10-9-13-18(21(16)25-26(3,4)5)23-20(17-11-7-6-8-12-17)19-14-24(2)15-22-19/h6-15H,1-5H3. The monoisotopic (exact) mass is 363 g/mol. The molecule has 0 unspecified atom stereocenters. The Labute approximate surface area is 156 Å². The van der Waals surface area contributed by atoms with Gasteiger partial charge in [0.15, 0.2) is 0 Å². The first kappa shape index (κ1) is 18.1. The number of aliphatic imine (C=N–C) groups is 1. The van der Waals surface area contributed by atoms with Crippen LogP contribution in [0.4, 0.5) is 5.69 Å². The molecule has 0 aliphatic rings. The summed E-state index contributed by atoms with van der Waals surface area (Å²) in [5.74, 6) is 0.871. The van der Waals surface area contributed by atoms with Crippen LogP contribution in [-0.4, -0.2) is 23.6 Å². The lowest BCUT2D eigenvalue weighted by atomic mass is 10.1. The molecule has 0 atom stereocenters. The number of aryl methyl sites for hydroxylation is 2. The molecule has 0 radical (unpaired) electrons. The second-order valence-electron chi connectivity index (χ2n) is 7.39. The molecule has 0 saturated heterocycles. The molecule has 26 heavy (non-hydrogen) atoms. The fourth-order valence-corrected chi connectivity index (χ4v) is 3.56. The predicted octanol–water partition coefficient (Wildman–Crippen LogP) is 5.11. The Hall–Kier alpha value is -2.66. The van der Waals surface area contributed by atoms with Crippen molar-refractivity contribution < 1.29 is 4.43 Å². The van der Waals surface area contributed by atoms with Gasteiger partial charge in [-0.15, -0.1) is 0 Å². The van der Waals surface area contributed by atoms with Crippen LogP contribution in [0.25, 0.3) is 0 Å². The molecule has 0 fully saturated rings. The molecule has 3 rings (SSSR count). The summed E-state index contributed by atoms with van der Waals surface area (Å²) in [5.41, 5.74) is 4.67. The van der Waals surface area contributed by atoms with Crippen LogP contribution in [-0.2, 0) is 7.05 Å². The van der Waals surface area contributed by atoms with Gasteiger partial charge < -0.3 is 8.99 Å². The highest BCUT2D eigenvalue weighted by Crippen LogP contribution is 2.34. The van der Waals surface area contributed by atoms with Crippen LogP contribution in [0.3, 0.4) is 0 Å². The van der Waals surface area contributed by atoms with Crippen molar-refractivity contribution in [3.63, 3.8) is 0 Å². The van der Waals surface area contributed by atoms with Gasteiger partial charge in [-0.05, 0) is 38.2 Å². The third kappa shape index (κ3) is 4.29. The summed E-state index contributed by atoms with van der Waals surface area (Å²) in [6, 6.07) is 16.3. The lowest BCUT2D eigenvalue weighted by Crippen LogP contribution is -2.29. The summed E-state index contributed by atoms with van der Waals surface area (Å²) in [4.78, 5) is 9.51. The van der Waals surface area contributed by atoms with Crippen LogP contribution < -0.4 is 4.43 Å². The largest absolute Gasteiger partial charge is 0.543 e. The number of imidazole rings is 1. The van der Waals surface area contributed by atoms with Crippen LogP contribution in [0.1, 0.15) is 16.8 Å². The Morgan fingerprint density at radius 1 is 1.04 bits per heavy atom. The van der Waals surface area contributed by atoms with Gasteiger partial charge in [-0.2, -0.15) is 0 Å². The summed E-state index contributed by atoms with van der Waals surface area (Å²) in [6.07, 6.45) is 3.78. The van der Waals surface area contributed by atoms with E-state index in [-0.39, 0.29) is 0 Å². The molecular weight excluding hydrogens is 338 g/mol. The van der Waals surface area contributed by atoms with Gasteiger partial charge in [-0.3, -0.25) is 0 Å². The van der Waals surface area contributed by atoms with Gasteiger partial charge >= 0.3 is 0 Å². The fraction of sp³-hybridized carbons (Fsp3) is 0.238. The molecule has 0 aliphatic carbocycles. The highest BCUT2D eigenvalue weighted by atomic mass is 28.4. The van der Waals surface area contributed by atoms with E-state index >= 15 is 0 Å². The molecular formula is C21H25N3OSi. The molecule has 0 amide bonds. The van der Waals surface area contributed by atoms with Crippen molar-refractivity contribution in [3.05, 3.63) is 77.9 Å². The number of rotatable bonds is 5. The third-order valence-corrected chi connectivity index (χ3v) is 4.64. The normalized spacial score (nSPS) is 12.3. The van der Waals surface area contributed by atoms with Crippen molar-refractivity contribution in [2.75, 3.05) is 0 Å². The Kier molecular flexibility index (Phi) is 5.09. The Bertz CT molecular complexity index is 924. The molecule has 1 heterocycles. The molecule has 1 aromatic heterocycles. The van der Waals surface area contributed by atoms with E-state index in [0.29, 0.717) is 0 Å². The van der Waals surface area contributed by atoms with Crippen LogP contribution >= 0.6 is 0 Å². The molecule has 0 saturated carbocycles. The van der Waals surface area contributed by atoms with E-state index in [9.17, 15) is 0 Å². The fourth-order valence-electron chi connectivity index (χ4n) is 2.69. The summed E-state index contributed by atoms with van der Waals surface area (Å²) in [7, 11) is 0.208. The van der Waals surface area contributed by atoms with E-state index in [1.807, 2.05) is 48.1 Å². The van der Waals surface area contributed by atoms with Crippen LogP contribution in [0.2, 0.25) is 19.6 Å². The maximum Gasteiger partial charge on any atom is 0.242 e. The minimum Gasteiger partial charge on any atom is -0.543 e. The average molecular weight is 364 g/mol. The van der Waals surface area contributed by atoms with Gasteiger partial charge in [0, 0.05) is 18.8 Å². The maximum absolute atomic E-state index is 6.35. The van der Waals surface area contributed by atoms with Crippen molar-refractivity contribution in [3.8, 4) is 5.75 Å². The molecule has 0 spiro atoms. The third-order valence-electron chi connectivity index (χ3n) is 3.83. The molecule has 134 valence electrons. The van der Waals surface area contributed by atoms with Gasteiger partial charge in [-0.25, -0.2) is 9.98 Å². The molecule has 0 N–H and O–H groups in total. The van der Waals surface area contributed by atoms with Crippen LogP contribution in [0.15, 0.2) is 66.0 Å². The van der Waals surface area contributed by atoms with Gasteiger partial charge in [0.25, 0.3) is 0 Å². The molecule has 5 heteroatoms. The summed E-state index contributed by atoms with van der Waals surface area (Å²) < 4.78 is 8.28. The van der Waals surface area contributed by atoms with Crippen LogP contribution in [0.5, 0.6) is 5.75 Å². The number of hydrogen-bond acceptors (Lipinski definition) is 3. The van der Waals surface area contributed by atoms with E-state index in [1.165, 1.54) is 0 Å². The maximum atomic E-state index is 6.35. The molecule has 2 aromatic carbocycles. The zero-order chi connectivity index (χ0) is 18.7. The van der Waals surface area contributed by atoms with Gasteiger partial charge in [0.2, 0.25) is 8.32 Å². The van der Waals surface area contributed by atoms with Gasteiger partial charge in [-0.1, -0.05) is 42.5 Å². The van der Waals surface area contributed by atoms with Crippen molar-refractivity contribution in [1.29, 1.82) is 0 Å². The molecule has 0 aliphatic heterocycles. The van der Waals surface area contributed by atoms with Crippen molar-refractivity contribution in [2.45, 2.75) is 26.6 Å². The van der Waals surface area contributed by atoms with Gasteiger partial charge in [0.1, 0.15) is 17.1 Å². The summed E-state index contributed by atoms with van der Waals surface area (Å²) >= 11 is 0. The number of hydrogen-bond donors (Lipinski definition) is 0. The minimum atomic E-state index is -1.76. The first-order chi connectivity index (χ1) is 12.3.